The van der Waals surface area contributed by atoms with E-state index in [-0.39, 0.29) is 36.8 Å². The van der Waals surface area contributed by atoms with Gasteiger partial charge in [-0.05, 0) is 69.5 Å². The van der Waals surface area contributed by atoms with Crippen molar-refractivity contribution in [2.24, 2.45) is 5.73 Å². The Kier molecular flexibility index (Phi) is 6.89. The third-order valence-electron chi connectivity index (χ3n) is 7.44. The van der Waals surface area contributed by atoms with Crippen LogP contribution >= 0.6 is 0 Å². The van der Waals surface area contributed by atoms with Crippen molar-refractivity contribution >= 4 is 17.6 Å². The second-order valence-corrected chi connectivity index (χ2v) is 10.1. The molecule has 4 heterocycles. The minimum Gasteiger partial charge on any atom is -0.351 e. The summed E-state index contributed by atoms with van der Waals surface area (Å²) in [5.41, 5.74) is 7.66. The summed E-state index contributed by atoms with van der Waals surface area (Å²) in [6, 6.07) is 9.49. The fourth-order valence-electron chi connectivity index (χ4n) is 5.38. The molecule has 2 N–H and O–H groups in total. The Morgan fingerprint density at radius 1 is 1.00 bits per heavy atom. The predicted octanol–water partition coefficient (Wildman–Crippen LogP) is 4.99. The SMILES string of the molecule is Cc1cc(-c2cc(N3CCN(c4ncccc4C(F)(F)F)C[C@H]3N)nc(N3C(C)CCC3C)n2)ccc1F. The molecular weight excluding hydrogens is 498 g/mol. The quantitative estimate of drug-likeness (QED) is 0.477. The van der Waals surface area contributed by atoms with Crippen molar-refractivity contribution in [3.05, 3.63) is 59.5 Å². The molecule has 0 radical (unpaired) electrons. The molecule has 2 aliphatic heterocycles. The lowest BCUT2D eigenvalue weighted by molar-refractivity contribution is -0.137. The summed E-state index contributed by atoms with van der Waals surface area (Å²) >= 11 is 0. The maximum Gasteiger partial charge on any atom is 0.419 e. The van der Waals surface area contributed by atoms with E-state index in [2.05, 4.69) is 23.7 Å². The average molecular weight is 530 g/mol. The van der Waals surface area contributed by atoms with E-state index >= 15 is 0 Å². The molecule has 7 nitrogen and oxygen atoms in total. The van der Waals surface area contributed by atoms with Gasteiger partial charge >= 0.3 is 6.18 Å². The number of nitrogens with two attached hydrogens (primary N) is 1. The Labute approximate surface area is 219 Å². The number of nitrogens with zero attached hydrogens (tertiary/aromatic N) is 6. The van der Waals surface area contributed by atoms with Crippen LogP contribution in [0.15, 0.2) is 42.6 Å². The topological polar surface area (TPSA) is 74.4 Å². The first kappa shape index (κ1) is 26.1. The third-order valence-corrected chi connectivity index (χ3v) is 7.44. The number of benzene rings is 1. The molecule has 0 saturated carbocycles. The molecule has 0 aliphatic carbocycles. The van der Waals surface area contributed by atoms with Crippen molar-refractivity contribution in [1.29, 1.82) is 0 Å². The number of halogens is 4. The molecular formula is C27H31F4N7. The van der Waals surface area contributed by atoms with Crippen LogP contribution in [0.3, 0.4) is 0 Å². The molecule has 0 bridgehead atoms. The number of aromatic nitrogens is 3. The molecule has 5 rings (SSSR count). The molecule has 2 unspecified atom stereocenters. The van der Waals surface area contributed by atoms with Gasteiger partial charge in [0.1, 0.15) is 17.5 Å². The van der Waals surface area contributed by atoms with Crippen molar-refractivity contribution in [3.8, 4) is 11.3 Å². The molecule has 202 valence electrons. The third kappa shape index (κ3) is 4.99. The molecule has 38 heavy (non-hydrogen) atoms. The van der Waals surface area contributed by atoms with Gasteiger partial charge in [-0.2, -0.15) is 18.2 Å². The number of aryl methyl sites for hydroxylation is 1. The maximum atomic E-state index is 14.0. The number of rotatable bonds is 4. The van der Waals surface area contributed by atoms with E-state index < -0.39 is 17.9 Å². The van der Waals surface area contributed by atoms with Crippen LogP contribution in [0.25, 0.3) is 11.3 Å². The zero-order valence-electron chi connectivity index (χ0n) is 21.6. The number of piperazine rings is 1. The van der Waals surface area contributed by atoms with Crippen molar-refractivity contribution in [1.82, 2.24) is 15.0 Å². The van der Waals surface area contributed by atoms with Gasteiger partial charge in [-0.25, -0.2) is 14.4 Å². The van der Waals surface area contributed by atoms with E-state index in [0.717, 1.165) is 24.5 Å². The standard InChI is InChI=1S/C27H31F4N7/c1-16-13-19(8-9-21(16)28)22-14-24(35-26(34-22)38-17(2)6-7-18(38)3)37-12-11-36(15-23(37)32)25-20(27(29,30)31)5-4-10-33-25/h4-5,8-10,13-14,17-18,23H,6-7,11-12,15,32H2,1-3H3/t17?,18?,23-/m0/s1. The number of hydrogen-bond acceptors (Lipinski definition) is 7. The lowest BCUT2D eigenvalue weighted by Crippen LogP contribution is -2.58. The van der Waals surface area contributed by atoms with Gasteiger partial charge in [0.2, 0.25) is 5.95 Å². The van der Waals surface area contributed by atoms with Crippen molar-refractivity contribution in [3.63, 3.8) is 0 Å². The highest BCUT2D eigenvalue weighted by Gasteiger charge is 2.38. The van der Waals surface area contributed by atoms with Gasteiger partial charge in [-0.3, -0.25) is 0 Å². The van der Waals surface area contributed by atoms with Gasteiger partial charge in [0.15, 0.2) is 0 Å². The van der Waals surface area contributed by atoms with Gasteiger partial charge in [0.05, 0.1) is 24.0 Å². The van der Waals surface area contributed by atoms with Gasteiger partial charge in [-0.1, -0.05) is 0 Å². The lowest BCUT2D eigenvalue weighted by atomic mass is 10.1. The Morgan fingerprint density at radius 3 is 2.39 bits per heavy atom. The lowest BCUT2D eigenvalue weighted by Gasteiger charge is -2.41. The fraction of sp³-hybridized carbons (Fsp3) is 0.444. The van der Waals surface area contributed by atoms with Crippen LogP contribution in [0.1, 0.15) is 37.8 Å². The zero-order valence-corrected chi connectivity index (χ0v) is 21.6. The maximum absolute atomic E-state index is 14.0. The van der Waals surface area contributed by atoms with Crippen molar-refractivity contribution in [2.45, 2.75) is 58.0 Å². The molecule has 0 amide bonds. The van der Waals surface area contributed by atoms with E-state index in [0.29, 0.717) is 29.6 Å². The summed E-state index contributed by atoms with van der Waals surface area (Å²) in [5, 5.41) is 0. The molecule has 2 aliphatic rings. The summed E-state index contributed by atoms with van der Waals surface area (Å²) in [5.74, 6) is 0.731. The van der Waals surface area contributed by atoms with Crippen LogP contribution in [0.5, 0.6) is 0 Å². The largest absolute Gasteiger partial charge is 0.419 e. The second-order valence-electron chi connectivity index (χ2n) is 10.1. The van der Waals surface area contributed by atoms with Gasteiger partial charge in [0.25, 0.3) is 0 Å². The predicted molar refractivity (Wildman–Crippen MR) is 140 cm³/mol. The molecule has 3 atom stereocenters. The number of alkyl halides is 3. The van der Waals surface area contributed by atoms with Gasteiger partial charge in [-0.15, -0.1) is 0 Å². The van der Waals surface area contributed by atoms with Crippen molar-refractivity contribution < 1.29 is 17.6 Å². The first-order valence-electron chi connectivity index (χ1n) is 12.8. The Bertz CT molecular complexity index is 1300. The van der Waals surface area contributed by atoms with Crippen LogP contribution in [-0.4, -0.2) is 52.8 Å². The van der Waals surface area contributed by atoms with Gasteiger partial charge < -0.3 is 20.4 Å². The minimum absolute atomic E-state index is 0.124. The Morgan fingerprint density at radius 2 is 1.74 bits per heavy atom. The molecule has 2 fully saturated rings. The summed E-state index contributed by atoms with van der Waals surface area (Å²) in [4.78, 5) is 19.4. The molecule has 1 aromatic carbocycles. The summed E-state index contributed by atoms with van der Waals surface area (Å²) < 4.78 is 54.8. The van der Waals surface area contributed by atoms with Crippen molar-refractivity contribution in [2.75, 3.05) is 34.3 Å². The first-order chi connectivity index (χ1) is 18.0. The first-order valence-corrected chi connectivity index (χ1v) is 12.8. The van der Waals surface area contributed by atoms with Crippen LogP contribution in [0.2, 0.25) is 0 Å². The molecule has 3 aromatic rings. The summed E-state index contributed by atoms with van der Waals surface area (Å²) in [6.07, 6.45) is -1.76. The normalized spacial score (nSPS) is 22.3. The number of hydrogen-bond donors (Lipinski definition) is 1. The van der Waals surface area contributed by atoms with E-state index in [1.165, 1.54) is 18.3 Å². The highest BCUT2D eigenvalue weighted by Crippen LogP contribution is 2.37. The fourth-order valence-corrected chi connectivity index (χ4v) is 5.38. The van der Waals surface area contributed by atoms with Crippen LogP contribution in [0, 0.1) is 12.7 Å². The van der Waals surface area contributed by atoms with Gasteiger partial charge in [0, 0.05) is 43.0 Å². The monoisotopic (exact) mass is 529 g/mol. The Hall–Kier alpha value is -3.47. The average Bonchev–Trinajstić information content (AvgIpc) is 3.22. The summed E-state index contributed by atoms with van der Waals surface area (Å²) in [6.45, 7) is 6.75. The van der Waals surface area contributed by atoms with Crippen LogP contribution in [-0.2, 0) is 6.18 Å². The highest BCUT2D eigenvalue weighted by atomic mass is 19.4. The molecule has 0 spiro atoms. The van der Waals surface area contributed by atoms with E-state index in [1.807, 2.05) is 11.0 Å². The number of pyridine rings is 1. The zero-order chi connectivity index (χ0) is 27.2. The Balaban J connectivity index is 1.50. The van der Waals surface area contributed by atoms with Crippen LogP contribution in [0.4, 0.5) is 35.1 Å². The van der Waals surface area contributed by atoms with E-state index in [9.17, 15) is 17.6 Å². The van der Waals surface area contributed by atoms with E-state index in [1.54, 1.807) is 24.0 Å². The summed E-state index contributed by atoms with van der Waals surface area (Å²) in [7, 11) is 0. The van der Waals surface area contributed by atoms with E-state index in [4.69, 9.17) is 15.7 Å². The molecule has 11 heteroatoms. The molecule has 2 saturated heterocycles. The second kappa shape index (κ2) is 10.0. The highest BCUT2D eigenvalue weighted by molar-refractivity contribution is 5.67. The smallest absolute Gasteiger partial charge is 0.351 e. The van der Waals surface area contributed by atoms with Crippen LogP contribution < -0.4 is 20.4 Å². The minimum atomic E-state index is -4.52. The molecule has 2 aromatic heterocycles. The number of anilines is 3.